The SMILES string of the molecule is C=CC(=O)OC#N.[SiH4]. The molecule has 0 aliphatic rings. The molecule has 0 atom stereocenters. The van der Waals surface area contributed by atoms with E-state index in [0.717, 1.165) is 6.08 Å². The standard InChI is InChI=1S/C4H3NO2.H4Si/c1-2-4(6)7-3-5;/h2H,1H2;1H4. The van der Waals surface area contributed by atoms with Crippen LogP contribution in [-0.4, -0.2) is 16.9 Å². The largest absolute Gasteiger partial charge is 0.347 e. The zero-order valence-corrected chi connectivity index (χ0v) is 3.55. The Labute approximate surface area is 51.6 Å². The normalized spacial score (nSPS) is 5.38. The fourth-order valence-corrected chi connectivity index (χ4v) is 0.0867. The molecule has 0 aromatic heterocycles. The van der Waals surface area contributed by atoms with E-state index < -0.39 is 5.97 Å². The first-order valence-electron chi connectivity index (χ1n) is 1.53. The lowest BCUT2D eigenvalue weighted by Gasteiger charge is -1.77. The van der Waals surface area contributed by atoms with E-state index in [1.165, 1.54) is 6.26 Å². The van der Waals surface area contributed by atoms with Crippen LogP contribution in [0.15, 0.2) is 12.7 Å². The number of ether oxygens (including phenoxy) is 1. The average Bonchev–Trinajstić information content (AvgIpc) is 1.68. The Kier molecular flexibility index (Phi) is 7.41. The highest BCUT2D eigenvalue weighted by Crippen LogP contribution is 1.71. The molecule has 0 saturated carbocycles. The topological polar surface area (TPSA) is 50.1 Å². The Balaban J connectivity index is 0. The van der Waals surface area contributed by atoms with Gasteiger partial charge in [0.15, 0.2) is 0 Å². The van der Waals surface area contributed by atoms with Crippen LogP contribution in [0, 0.1) is 11.5 Å². The molecule has 0 radical (unpaired) electrons. The molecule has 0 aliphatic carbocycles. The zero-order chi connectivity index (χ0) is 5.70. The molecular weight excluding hydrogens is 122 g/mol. The first-order chi connectivity index (χ1) is 3.31. The minimum Gasteiger partial charge on any atom is -0.347 e. The smallest absolute Gasteiger partial charge is 0.345 e. The second kappa shape index (κ2) is 5.92. The van der Waals surface area contributed by atoms with Gasteiger partial charge in [0.1, 0.15) is 0 Å². The highest BCUT2D eigenvalue weighted by atomic mass is 28.1. The first kappa shape index (κ1) is 10.0. The number of nitrogens with zero attached hydrogens (tertiary/aromatic N) is 1. The van der Waals surface area contributed by atoms with Gasteiger partial charge in [0, 0.05) is 6.08 Å². The van der Waals surface area contributed by atoms with Crippen molar-refractivity contribution < 1.29 is 9.53 Å². The molecule has 0 fully saturated rings. The molecule has 0 rings (SSSR count). The van der Waals surface area contributed by atoms with Crippen LogP contribution < -0.4 is 0 Å². The van der Waals surface area contributed by atoms with Crippen LogP contribution in [0.5, 0.6) is 0 Å². The number of carbonyl (C=O) groups is 1. The molecule has 4 heteroatoms. The molecule has 0 bridgehead atoms. The van der Waals surface area contributed by atoms with E-state index in [1.807, 2.05) is 0 Å². The lowest BCUT2D eigenvalue weighted by molar-refractivity contribution is -0.131. The molecule has 0 spiro atoms. The fraction of sp³-hybridized carbons (Fsp3) is 0. The Morgan fingerprint density at radius 3 is 2.50 bits per heavy atom. The van der Waals surface area contributed by atoms with Gasteiger partial charge in [-0.05, 0) is 11.0 Å². The minimum absolute atomic E-state index is 0. The van der Waals surface area contributed by atoms with Crippen molar-refractivity contribution in [2.75, 3.05) is 0 Å². The number of rotatable bonds is 1. The van der Waals surface area contributed by atoms with Gasteiger partial charge in [-0.2, -0.15) is 0 Å². The lowest BCUT2D eigenvalue weighted by atomic mass is 10.7. The highest BCUT2D eigenvalue weighted by Gasteiger charge is 1.87. The van der Waals surface area contributed by atoms with Crippen LogP contribution in [0.2, 0.25) is 0 Å². The lowest BCUT2D eigenvalue weighted by Crippen LogP contribution is -1.91. The monoisotopic (exact) mass is 129 g/mol. The van der Waals surface area contributed by atoms with Gasteiger partial charge in [-0.15, -0.1) is 5.26 Å². The predicted octanol–water partition coefficient (Wildman–Crippen LogP) is -1.25. The van der Waals surface area contributed by atoms with Gasteiger partial charge in [0.2, 0.25) is 0 Å². The number of hydrogen-bond acceptors (Lipinski definition) is 3. The van der Waals surface area contributed by atoms with Gasteiger partial charge in [-0.25, -0.2) is 4.79 Å². The van der Waals surface area contributed by atoms with Crippen LogP contribution in [0.25, 0.3) is 0 Å². The van der Waals surface area contributed by atoms with Gasteiger partial charge in [-0.1, -0.05) is 6.58 Å². The van der Waals surface area contributed by atoms with Crippen molar-refractivity contribution in [3.8, 4) is 6.26 Å². The third kappa shape index (κ3) is 4.92. The van der Waals surface area contributed by atoms with Crippen LogP contribution in [0.4, 0.5) is 0 Å². The summed E-state index contributed by atoms with van der Waals surface area (Å²) in [5, 5.41) is 7.63. The van der Waals surface area contributed by atoms with E-state index >= 15 is 0 Å². The van der Waals surface area contributed by atoms with Crippen molar-refractivity contribution in [2.24, 2.45) is 0 Å². The Bertz CT molecular complexity index is 126. The molecule has 0 saturated heterocycles. The third-order valence-electron chi connectivity index (χ3n) is 0.313. The van der Waals surface area contributed by atoms with E-state index in [1.54, 1.807) is 0 Å². The van der Waals surface area contributed by atoms with Crippen molar-refractivity contribution >= 4 is 16.9 Å². The first-order valence-corrected chi connectivity index (χ1v) is 1.53. The fourth-order valence-electron chi connectivity index (χ4n) is 0.0867. The molecule has 0 unspecified atom stereocenters. The molecule has 44 valence electrons. The molecular formula is C4H7NO2Si. The zero-order valence-electron chi connectivity index (χ0n) is 3.55. The van der Waals surface area contributed by atoms with Gasteiger partial charge in [-0.3, -0.25) is 0 Å². The Morgan fingerprint density at radius 1 is 1.88 bits per heavy atom. The summed E-state index contributed by atoms with van der Waals surface area (Å²) < 4.78 is 3.74. The molecule has 0 aromatic rings. The van der Waals surface area contributed by atoms with Crippen molar-refractivity contribution in [1.82, 2.24) is 0 Å². The summed E-state index contributed by atoms with van der Waals surface area (Å²) in [5.41, 5.74) is 0. The average molecular weight is 129 g/mol. The van der Waals surface area contributed by atoms with Crippen LogP contribution in [0.1, 0.15) is 0 Å². The number of hydrogen-bond donors (Lipinski definition) is 0. The van der Waals surface area contributed by atoms with Crippen LogP contribution in [0.3, 0.4) is 0 Å². The maximum absolute atomic E-state index is 9.85. The molecule has 0 aliphatic heterocycles. The summed E-state index contributed by atoms with van der Waals surface area (Å²) in [4.78, 5) is 9.85. The van der Waals surface area contributed by atoms with Gasteiger partial charge in [0.25, 0.3) is 6.26 Å². The molecule has 8 heavy (non-hydrogen) atoms. The van der Waals surface area contributed by atoms with E-state index in [0.29, 0.717) is 0 Å². The molecule has 0 aromatic carbocycles. The number of esters is 1. The van der Waals surface area contributed by atoms with E-state index in [4.69, 9.17) is 5.26 Å². The van der Waals surface area contributed by atoms with E-state index in [-0.39, 0.29) is 11.0 Å². The van der Waals surface area contributed by atoms with Crippen molar-refractivity contribution in [2.45, 2.75) is 0 Å². The quantitative estimate of drug-likeness (QED) is 0.192. The molecule has 0 N–H and O–H groups in total. The van der Waals surface area contributed by atoms with Gasteiger partial charge < -0.3 is 4.74 Å². The number of carbonyl (C=O) groups excluding carboxylic acids is 1. The maximum Gasteiger partial charge on any atom is 0.345 e. The van der Waals surface area contributed by atoms with Crippen molar-refractivity contribution in [3.05, 3.63) is 12.7 Å². The van der Waals surface area contributed by atoms with Crippen molar-refractivity contribution in [3.63, 3.8) is 0 Å². The maximum atomic E-state index is 9.85. The molecule has 0 amide bonds. The number of nitriles is 1. The summed E-state index contributed by atoms with van der Waals surface area (Å²) in [6.45, 7) is 3.05. The highest BCUT2D eigenvalue weighted by molar-refractivity contribution is 5.81. The summed E-state index contributed by atoms with van der Waals surface area (Å²) in [5.74, 6) is -0.720. The second-order valence-corrected chi connectivity index (χ2v) is 0.717. The summed E-state index contributed by atoms with van der Waals surface area (Å²) in [6.07, 6.45) is 2.12. The van der Waals surface area contributed by atoms with Gasteiger partial charge >= 0.3 is 5.97 Å². The summed E-state index contributed by atoms with van der Waals surface area (Å²) in [6, 6.07) is 0. The van der Waals surface area contributed by atoms with E-state index in [2.05, 4.69) is 11.3 Å². The molecule has 0 heterocycles. The van der Waals surface area contributed by atoms with Crippen LogP contribution in [-0.2, 0) is 9.53 Å². The van der Waals surface area contributed by atoms with Crippen LogP contribution >= 0.6 is 0 Å². The second-order valence-electron chi connectivity index (χ2n) is 0.717. The molecule has 3 nitrogen and oxygen atoms in total. The third-order valence-corrected chi connectivity index (χ3v) is 0.313. The Morgan fingerprint density at radius 2 is 2.38 bits per heavy atom. The van der Waals surface area contributed by atoms with Gasteiger partial charge in [0.05, 0.1) is 0 Å². The summed E-state index contributed by atoms with van der Waals surface area (Å²) in [7, 11) is 0. The van der Waals surface area contributed by atoms with E-state index in [9.17, 15) is 4.79 Å². The summed E-state index contributed by atoms with van der Waals surface area (Å²) >= 11 is 0. The Hall–Kier alpha value is -1.08. The minimum atomic E-state index is -0.720. The predicted molar refractivity (Wildman–Crippen MR) is 33.2 cm³/mol. The van der Waals surface area contributed by atoms with Crippen molar-refractivity contribution in [1.29, 1.82) is 5.26 Å².